The molecule has 0 saturated carbocycles. The Hall–Kier alpha value is -2.66. The molecule has 0 bridgehead atoms. The smallest absolute Gasteiger partial charge is 0.160 e. The van der Waals surface area contributed by atoms with Crippen molar-refractivity contribution in [3.8, 4) is 11.5 Å². The lowest BCUT2D eigenvalue weighted by molar-refractivity contribution is 0.355. The van der Waals surface area contributed by atoms with Crippen molar-refractivity contribution in [3.05, 3.63) is 61.1 Å². The summed E-state index contributed by atoms with van der Waals surface area (Å²) in [6, 6.07) is 15.4. The van der Waals surface area contributed by atoms with E-state index in [9.17, 15) is 0 Å². The molecular weight excluding hydrogens is 268 g/mol. The number of ether oxygens (including phenoxy) is 2. The second-order valence-electron chi connectivity index (χ2n) is 3.94. The van der Waals surface area contributed by atoms with Crippen LogP contribution in [0, 0.1) is 0 Å². The fourth-order valence-corrected chi connectivity index (χ4v) is 1.71. The molecule has 5 nitrogen and oxygen atoms in total. The second kappa shape index (κ2) is 8.50. The molecule has 1 heterocycles. The fourth-order valence-electron chi connectivity index (χ4n) is 1.71. The summed E-state index contributed by atoms with van der Waals surface area (Å²) in [6.07, 6.45) is 3.37. The maximum absolute atomic E-state index is 5.01. The lowest BCUT2D eigenvalue weighted by Crippen LogP contribution is -1.88. The minimum Gasteiger partial charge on any atom is -0.493 e. The van der Waals surface area contributed by atoms with Crippen LogP contribution in [0.15, 0.2) is 61.1 Å². The van der Waals surface area contributed by atoms with Gasteiger partial charge in [0.2, 0.25) is 0 Å². The SMILES string of the molecule is COc1ccccc1OC.O.c1ccc2ncncc2c1. The number of aromatic nitrogens is 2. The van der Waals surface area contributed by atoms with E-state index in [-0.39, 0.29) is 5.48 Å². The molecule has 0 aliphatic rings. The summed E-state index contributed by atoms with van der Waals surface area (Å²) in [5, 5.41) is 1.09. The summed E-state index contributed by atoms with van der Waals surface area (Å²) < 4.78 is 10.0. The van der Waals surface area contributed by atoms with Crippen LogP contribution < -0.4 is 9.47 Å². The molecule has 0 atom stereocenters. The molecule has 3 rings (SSSR count). The number of hydrogen-bond acceptors (Lipinski definition) is 4. The lowest BCUT2D eigenvalue weighted by Gasteiger charge is -2.04. The van der Waals surface area contributed by atoms with Gasteiger partial charge in [0.15, 0.2) is 11.5 Å². The van der Waals surface area contributed by atoms with Gasteiger partial charge < -0.3 is 14.9 Å². The number of benzene rings is 2. The maximum atomic E-state index is 5.01. The number of para-hydroxylation sites is 3. The third-order valence-electron chi connectivity index (χ3n) is 2.70. The molecule has 2 N–H and O–H groups in total. The fraction of sp³-hybridized carbons (Fsp3) is 0.125. The van der Waals surface area contributed by atoms with E-state index >= 15 is 0 Å². The standard InChI is InChI=1S/C8H6N2.C8H10O2.H2O/c1-2-4-8-7(3-1)5-9-6-10-8;1-9-7-5-3-4-6-8(7)10-2;/h1-6H;3-6H,1-2H3;1H2. The van der Waals surface area contributed by atoms with Crippen LogP contribution in [0.2, 0.25) is 0 Å². The topological polar surface area (TPSA) is 75.7 Å². The average Bonchev–Trinajstić information content (AvgIpc) is 2.55. The number of nitrogens with zero attached hydrogens (tertiary/aromatic N) is 2. The minimum absolute atomic E-state index is 0. The highest BCUT2D eigenvalue weighted by Gasteiger charge is 1.97. The first-order valence-corrected chi connectivity index (χ1v) is 6.17. The van der Waals surface area contributed by atoms with Crippen molar-refractivity contribution in [2.24, 2.45) is 0 Å². The molecule has 0 fully saturated rings. The van der Waals surface area contributed by atoms with Crippen LogP contribution in [0.5, 0.6) is 11.5 Å². The van der Waals surface area contributed by atoms with Crippen molar-refractivity contribution >= 4 is 10.9 Å². The van der Waals surface area contributed by atoms with Gasteiger partial charge in [-0.05, 0) is 18.2 Å². The molecule has 0 radical (unpaired) electrons. The molecule has 21 heavy (non-hydrogen) atoms. The zero-order valence-electron chi connectivity index (χ0n) is 12.0. The summed E-state index contributed by atoms with van der Waals surface area (Å²) in [4.78, 5) is 7.97. The molecule has 3 aromatic rings. The van der Waals surface area contributed by atoms with E-state index in [1.807, 2.05) is 54.7 Å². The van der Waals surface area contributed by atoms with Gasteiger partial charge in [-0.3, -0.25) is 0 Å². The minimum atomic E-state index is 0. The van der Waals surface area contributed by atoms with Gasteiger partial charge in [0.25, 0.3) is 0 Å². The van der Waals surface area contributed by atoms with Gasteiger partial charge in [0, 0.05) is 11.6 Å². The summed E-state index contributed by atoms with van der Waals surface area (Å²) in [6.45, 7) is 0. The predicted molar refractivity (Wildman–Crippen MR) is 82.7 cm³/mol. The van der Waals surface area contributed by atoms with E-state index in [0.717, 1.165) is 22.4 Å². The highest BCUT2D eigenvalue weighted by Crippen LogP contribution is 2.24. The van der Waals surface area contributed by atoms with Crippen LogP contribution in [0.4, 0.5) is 0 Å². The Balaban J connectivity index is 0.000000200. The quantitative estimate of drug-likeness (QED) is 0.725. The van der Waals surface area contributed by atoms with Crippen LogP contribution in [-0.4, -0.2) is 29.7 Å². The van der Waals surface area contributed by atoms with Gasteiger partial charge in [-0.2, -0.15) is 0 Å². The Bertz CT molecular complexity index is 586. The van der Waals surface area contributed by atoms with Gasteiger partial charge in [0.05, 0.1) is 19.7 Å². The Morgan fingerprint density at radius 2 is 1.38 bits per heavy atom. The van der Waals surface area contributed by atoms with Crippen molar-refractivity contribution in [1.82, 2.24) is 9.97 Å². The van der Waals surface area contributed by atoms with E-state index in [1.54, 1.807) is 20.5 Å². The molecular formula is C16H18N2O3. The zero-order chi connectivity index (χ0) is 14.2. The first-order chi connectivity index (χ1) is 9.85. The Morgan fingerprint density at radius 3 is 1.95 bits per heavy atom. The Kier molecular flexibility index (Phi) is 6.63. The molecule has 1 aromatic heterocycles. The van der Waals surface area contributed by atoms with Crippen LogP contribution in [0.3, 0.4) is 0 Å². The third-order valence-corrected chi connectivity index (χ3v) is 2.70. The molecule has 5 heteroatoms. The zero-order valence-corrected chi connectivity index (χ0v) is 12.0. The normalized spacial score (nSPS) is 9.05. The van der Waals surface area contributed by atoms with Crippen molar-refractivity contribution in [1.29, 1.82) is 0 Å². The van der Waals surface area contributed by atoms with Gasteiger partial charge in [-0.15, -0.1) is 0 Å². The largest absolute Gasteiger partial charge is 0.493 e. The monoisotopic (exact) mass is 286 g/mol. The number of methoxy groups -OCH3 is 2. The van der Waals surface area contributed by atoms with Crippen molar-refractivity contribution in [3.63, 3.8) is 0 Å². The predicted octanol–water partition coefficient (Wildman–Crippen LogP) is 2.51. The lowest BCUT2D eigenvalue weighted by atomic mass is 10.2. The highest BCUT2D eigenvalue weighted by molar-refractivity contribution is 5.76. The van der Waals surface area contributed by atoms with E-state index < -0.39 is 0 Å². The van der Waals surface area contributed by atoms with E-state index in [4.69, 9.17) is 9.47 Å². The van der Waals surface area contributed by atoms with E-state index in [1.165, 1.54) is 0 Å². The molecule has 0 saturated heterocycles. The number of fused-ring (bicyclic) bond motifs is 1. The van der Waals surface area contributed by atoms with Gasteiger partial charge >= 0.3 is 0 Å². The van der Waals surface area contributed by atoms with Crippen LogP contribution >= 0.6 is 0 Å². The van der Waals surface area contributed by atoms with Gasteiger partial charge in [-0.25, -0.2) is 9.97 Å². The van der Waals surface area contributed by atoms with Gasteiger partial charge in [-0.1, -0.05) is 30.3 Å². The molecule has 0 spiro atoms. The first kappa shape index (κ1) is 16.4. The Labute approximate surface area is 123 Å². The molecule has 0 unspecified atom stereocenters. The van der Waals surface area contributed by atoms with Crippen molar-refractivity contribution in [2.45, 2.75) is 0 Å². The number of hydrogen-bond donors (Lipinski definition) is 0. The summed E-state index contributed by atoms with van der Waals surface area (Å²) in [7, 11) is 3.25. The average molecular weight is 286 g/mol. The van der Waals surface area contributed by atoms with Gasteiger partial charge in [0.1, 0.15) is 6.33 Å². The third kappa shape index (κ3) is 4.43. The van der Waals surface area contributed by atoms with Crippen LogP contribution in [0.25, 0.3) is 10.9 Å². The second-order valence-corrected chi connectivity index (χ2v) is 3.94. The summed E-state index contributed by atoms with van der Waals surface area (Å²) >= 11 is 0. The number of rotatable bonds is 2. The Morgan fingerprint density at radius 1 is 0.810 bits per heavy atom. The van der Waals surface area contributed by atoms with Crippen LogP contribution in [-0.2, 0) is 0 Å². The molecule has 110 valence electrons. The molecule has 0 amide bonds. The first-order valence-electron chi connectivity index (χ1n) is 6.17. The highest BCUT2D eigenvalue weighted by atomic mass is 16.5. The van der Waals surface area contributed by atoms with Crippen LogP contribution in [0.1, 0.15) is 0 Å². The summed E-state index contributed by atoms with van der Waals surface area (Å²) in [5.74, 6) is 1.54. The van der Waals surface area contributed by atoms with E-state index in [0.29, 0.717) is 0 Å². The van der Waals surface area contributed by atoms with Crippen molar-refractivity contribution < 1.29 is 14.9 Å². The maximum Gasteiger partial charge on any atom is 0.160 e. The molecule has 2 aromatic carbocycles. The molecule has 0 aliphatic heterocycles. The van der Waals surface area contributed by atoms with Crippen molar-refractivity contribution in [2.75, 3.05) is 14.2 Å². The summed E-state index contributed by atoms with van der Waals surface area (Å²) in [5.41, 5.74) is 0.998. The molecule has 0 aliphatic carbocycles. The van der Waals surface area contributed by atoms with E-state index in [2.05, 4.69) is 9.97 Å².